The normalized spacial score (nSPS) is 14.2. The first-order valence-corrected chi connectivity index (χ1v) is 14.5. The fraction of sp³-hybridized carbons (Fsp3) is 0.280. The van der Waals surface area contributed by atoms with Crippen molar-refractivity contribution in [3.05, 3.63) is 73.9 Å². The van der Waals surface area contributed by atoms with Gasteiger partial charge >= 0.3 is 5.97 Å². The largest absolute Gasteiger partial charge is 0.465 e. The molecule has 2 N–H and O–H groups in total. The summed E-state index contributed by atoms with van der Waals surface area (Å²) >= 11 is 4.36. The third-order valence-electron chi connectivity index (χ3n) is 5.81. The van der Waals surface area contributed by atoms with Gasteiger partial charge in [0.15, 0.2) is 0 Å². The average molecular weight is 609 g/mol. The van der Waals surface area contributed by atoms with Gasteiger partial charge in [-0.25, -0.2) is 13.2 Å². The van der Waals surface area contributed by atoms with Gasteiger partial charge in [-0.15, -0.1) is 11.3 Å². The second-order valence-corrected chi connectivity index (χ2v) is 12.3. The Kier molecular flexibility index (Phi) is 8.65. The highest BCUT2D eigenvalue weighted by Crippen LogP contribution is 2.37. The van der Waals surface area contributed by atoms with Gasteiger partial charge in [-0.3, -0.25) is 14.4 Å². The van der Waals surface area contributed by atoms with Crippen molar-refractivity contribution in [1.82, 2.24) is 4.90 Å². The van der Waals surface area contributed by atoms with Gasteiger partial charge in [-0.2, -0.15) is 0 Å². The second kappa shape index (κ2) is 11.7. The zero-order valence-corrected chi connectivity index (χ0v) is 23.5. The lowest BCUT2D eigenvalue weighted by molar-refractivity contribution is 0.0342. The van der Waals surface area contributed by atoms with E-state index in [4.69, 9.17) is 4.74 Å². The van der Waals surface area contributed by atoms with Crippen LogP contribution in [-0.2, 0) is 26.0 Å². The molecule has 0 aliphatic carbocycles. The Morgan fingerprint density at radius 2 is 1.68 bits per heavy atom. The van der Waals surface area contributed by atoms with Crippen LogP contribution in [0.25, 0.3) is 0 Å². The molecule has 1 aliphatic heterocycles. The number of halogens is 1. The molecule has 0 radical (unpaired) electrons. The third-order valence-corrected chi connectivity index (χ3v) is 9.71. The molecule has 1 aromatic heterocycles. The fourth-order valence-electron chi connectivity index (χ4n) is 3.88. The minimum atomic E-state index is -4.01. The molecule has 0 atom stereocenters. The number of amides is 1. The van der Waals surface area contributed by atoms with Crippen LogP contribution in [0.2, 0.25) is 0 Å². The summed E-state index contributed by atoms with van der Waals surface area (Å²) in [5.41, 5.74) is 2.65. The Bertz CT molecular complexity index is 1380. The van der Waals surface area contributed by atoms with Gasteiger partial charge in [0.1, 0.15) is 4.90 Å². The number of carbonyl (C=O) groups excluding carboxylic acids is 2. The number of morpholine rings is 1. The molecule has 196 valence electrons. The molecule has 9 nitrogen and oxygen atoms in total. The molecule has 37 heavy (non-hydrogen) atoms. The first kappa shape index (κ1) is 27.3. The van der Waals surface area contributed by atoms with E-state index in [0.29, 0.717) is 20.6 Å². The predicted molar refractivity (Wildman–Crippen MR) is 146 cm³/mol. The third kappa shape index (κ3) is 6.57. The van der Waals surface area contributed by atoms with Crippen LogP contribution in [0.5, 0.6) is 0 Å². The van der Waals surface area contributed by atoms with Crippen molar-refractivity contribution >= 4 is 60.5 Å². The molecule has 12 heteroatoms. The van der Waals surface area contributed by atoms with Crippen molar-refractivity contribution in [2.45, 2.75) is 18.4 Å². The first-order valence-electron chi connectivity index (χ1n) is 11.4. The Morgan fingerprint density at radius 3 is 2.30 bits per heavy atom. The van der Waals surface area contributed by atoms with Crippen molar-refractivity contribution < 1.29 is 27.5 Å². The highest BCUT2D eigenvalue weighted by molar-refractivity contribution is 9.11. The van der Waals surface area contributed by atoms with Crippen molar-refractivity contribution in [1.29, 1.82) is 0 Å². The molecular formula is C25H26BrN3O6S2. The van der Waals surface area contributed by atoms with Gasteiger partial charge in [0.25, 0.3) is 15.9 Å². The monoisotopic (exact) mass is 607 g/mol. The molecule has 3 aromatic rings. The Hall–Kier alpha value is -2.77. The van der Waals surface area contributed by atoms with Crippen LogP contribution in [0.4, 0.5) is 11.4 Å². The van der Waals surface area contributed by atoms with E-state index in [2.05, 4.69) is 35.6 Å². The predicted octanol–water partition coefficient (Wildman–Crippen LogP) is 4.49. The Labute approximate surface area is 228 Å². The number of nitrogens with zero attached hydrogens (tertiary/aromatic N) is 1. The van der Waals surface area contributed by atoms with E-state index in [1.54, 1.807) is 6.92 Å². The van der Waals surface area contributed by atoms with Gasteiger partial charge in [-0.1, -0.05) is 12.1 Å². The molecule has 1 aliphatic rings. The second-order valence-electron chi connectivity index (χ2n) is 8.37. The molecule has 1 amide bonds. The quantitative estimate of drug-likeness (QED) is 0.363. The molecule has 2 aromatic carbocycles. The fourth-order valence-corrected chi connectivity index (χ4v) is 7.91. The molecule has 0 spiro atoms. The maximum Gasteiger partial charge on any atom is 0.337 e. The molecule has 0 unspecified atom stereocenters. The number of anilines is 2. The number of rotatable bonds is 8. The standard InChI is InChI=1S/C25H26BrN3O6S2/c1-16-21(24(30)27-19-7-3-17(4-8-19)15-29-11-13-35-14-12-29)36-23(26)22(16)37(32,33)28-20-9-5-18(6-10-20)25(31)34-2/h3-10,28H,11-15H2,1-2H3,(H,27,30). The molecule has 0 bridgehead atoms. The number of methoxy groups -OCH3 is 1. The minimum Gasteiger partial charge on any atom is -0.465 e. The summed E-state index contributed by atoms with van der Waals surface area (Å²) < 4.78 is 39.1. The number of ether oxygens (including phenoxy) is 2. The topological polar surface area (TPSA) is 114 Å². The van der Waals surface area contributed by atoms with Crippen molar-refractivity contribution in [3.63, 3.8) is 0 Å². The minimum absolute atomic E-state index is 0.0134. The molecule has 0 saturated carbocycles. The smallest absolute Gasteiger partial charge is 0.337 e. The summed E-state index contributed by atoms with van der Waals surface area (Å²) in [5, 5.41) is 2.85. The lowest BCUT2D eigenvalue weighted by Gasteiger charge is -2.26. The van der Waals surface area contributed by atoms with Crippen LogP contribution in [0.15, 0.2) is 57.2 Å². The number of esters is 1. The highest BCUT2D eigenvalue weighted by Gasteiger charge is 2.28. The maximum atomic E-state index is 13.1. The number of nitrogens with one attached hydrogen (secondary N) is 2. The van der Waals surface area contributed by atoms with E-state index >= 15 is 0 Å². The van der Waals surface area contributed by atoms with Crippen molar-refractivity contribution in [2.75, 3.05) is 43.5 Å². The van der Waals surface area contributed by atoms with Gasteiger partial charge < -0.3 is 14.8 Å². The molecule has 4 rings (SSSR count). The van der Waals surface area contributed by atoms with E-state index in [9.17, 15) is 18.0 Å². The summed E-state index contributed by atoms with van der Waals surface area (Å²) in [5.74, 6) is -0.916. The molecule has 2 heterocycles. The van der Waals surface area contributed by atoms with Crippen LogP contribution < -0.4 is 10.0 Å². The van der Waals surface area contributed by atoms with E-state index in [1.807, 2.05) is 24.3 Å². The summed E-state index contributed by atoms with van der Waals surface area (Å²) in [7, 11) is -2.75. The Balaban J connectivity index is 1.45. The van der Waals surface area contributed by atoms with Crippen LogP contribution in [0, 0.1) is 6.92 Å². The number of carbonyl (C=O) groups is 2. The zero-order valence-electron chi connectivity index (χ0n) is 20.2. The molecular weight excluding hydrogens is 582 g/mol. The number of thiophene rings is 1. The van der Waals surface area contributed by atoms with E-state index in [1.165, 1.54) is 31.4 Å². The van der Waals surface area contributed by atoms with Crippen LogP contribution >= 0.6 is 27.3 Å². The number of hydrogen-bond donors (Lipinski definition) is 2. The summed E-state index contributed by atoms with van der Waals surface area (Å²) in [4.78, 5) is 27.2. The SMILES string of the molecule is COC(=O)c1ccc(NS(=O)(=O)c2c(Br)sc(C(=O)Nc3ccc(CN4CCOCC4)cc3)c2C)cc1. The van der Waals surface area contributed by atoms with Gasteiger partial charge in [0.05, 0.1) is 34.6 Å². The average Bonchev–Trinajstić information content (AvgIpc) is 3.20. The van der Waals surface area contributed by atoms with E-state index in [0.717, 1.165) is 49.7 Å². The van der Waals surface area contributed by atoms with E-state index in [-0.39, 0.29) is 15.5 Å². The highest BCUT2D eigenvalue weighted by atomic mass is 79.9. The first-order chi connectivity index (χ1) is 17.7. The van der Waals surface area contributed by atoms with Crippen molar-refractivity contribution in [3.8, 4) is 0 Å². The van der Waals surface area contributed by atoms with Crippen LogP contribution in [0.1, 0.15) is 31.2 Å². The maximum absolute atomic E-state index is 13.1. The lowest BCUT2D eigenvalue weighted by atomic mass is 10.2. The molecule has 1 fully saturated rings. The van der Waals surface area contributed by atoms with E-state index < -0.39 is 21.9 Å². The van der Waals surface area contributed by atoms with Crippen molar-refractivity contribution in [2.24, 2.45) is 0 Å². The zero-order chi connectivity index (χ0) is 26.6. The lowest BCUT2D eigenvalue weighted by Crippen LogP contribution is -2.35. The van der Waals surface area contributed by atoms with Gasteiger partial charge in [-0.05, 0) is 70.4 Å². The van der Waals surface area contributed by atoms with Crippen LogP contribution in [0.3, 0.4) is 0 Å². The summed E-state index contributed by atoms with van der Waals surface area (Å²) in [6.45, 7) is 5.66. The number of hydrogen-bond acceptors (Lipinski definition) is 8. The van der Waals surface area contributed by atoms with Gasteiger partial charge in [0.2, 0.25) is 0 Å². The molecule has 1 saturated heterocycles. The number of benzene rings is 2. The summed E-state index contributed by atoms with van der Waals surface area (Å²) in [6, 6.07) is 13.5. The summed E-state index contributed by atoms with van der Waals surface area (Å²) in [6.07, 6.45) is 0. The van der Waals surface area contributed by atoms with Gasteiger partial charge in [0, 0.05) is 31.0 Å². The van der Waals surface area contributed by atoms with Crippen LogP contribution in [-0.4, -0.2) is 58.6 Å². The number of sulfonamides is 1. The Morgan fingerprint density at radius 1 is 1.05 bits per heavy atom.